The number of aromatic amines is 1. The van der Waals surface area contributed by atoms with Crippen LogP contribution in [0.5, 0.6) is 0 Å². The number of nitrogens with zero attached hydrogens (tertiary/aromatic N) is 2. The van der Waals surface area contributed by atoms with Crippen LogP contribution < -0.4 is 0 Å². The van der Waals surface area contributed by atoms with Crippen molar-refractivity contribution >= 4 is 40.1 Å². The van der Waals surface area contributed by atoms with Gasteiger partial charge < -0.3 is 14.6 Å². The lowest BCUT2D eigenvalue weighted by Crippen LogP contribution is -2.40. The smallest absolute Gasteiger partial charge is 0.254 e. The molecule has 1 aliphatic heterocycles. The van der Waals surface area contributed by atoms with E-state index in [1.165, 1.54) is 12.1 Å². The van der Waals surface area contributed by atoms with Crippen molar-refractivity contribution < 1.29 is 13.9 Å². The number of benzene rings is 2. The summed E-state index contributed by atoms with van der Waals surface area (Å²) in [6, 6.07) is 12.3. The van der Waals surface area contributed by atoms with Crippen molar-refractivity contribution in [1.29, 1.82) is 0 Å². The Morgan fingerprint density at radius 3 is 2.59 bits per heavy atom. The monoisotopic (exact) mass is 497 g/mol. The van der Waals surface area contributed by atoms with Crippen LogP contribution in [0, 0.1) is 5.82 Å². The second-order valence-corrected chi connectivity index (χ2v) is 9.11. The first-order valence-electron chi connectivity index (χ1n) is 11.0. The lowest BCUT2D eigenvalue weighted by molar-refractivity contribution is 0.0303. The van der Waals surface area contributed by atoms with Crippen LogP contribution in [0.2, 0.25) is 10.0 Å². The SMILES string of the molecule is CC(c1c(Cl)ccc(F)c1Cl)c1c[nH]c2ncc(-c3ccc(C(=O)N4CCOCC4)cc3)cc12. The molecule has 0 radical (unpaired) electrons. The number of carbonyl (C=O) groups is 1. The molecule has 2 aromatic heterocycles. The van der Waals surface area contributed by atoms with E-state index >= 15 is 0 Å². The van der Waals surface area contributed by atoms with Gasteiger partial charge in [-0.1, -0.05) is 42.3 Å². The molecular weight excluding hydrogens is 476 g/mol. The fourth-order valence-corrected chi connectivity index (χ4v) is 5.09. The average Bonchev–Trinajstić information content (AvgIpc) is 3.30. The van der Waals surface area contributed by atoms with Gasteiger partial charge >= 0.3 is 0 Å². The summed E-state index contributed by atoms with van der Waals surface area (Å²) in [5, 5.41) is 1.34. The number of H-pyrrole nitrogens is 1. The van der Waals surface area contributed by atoms with Crippen LogP contribution in [-0.4, -0.2) is 47.1 Å². The Kier molecular flexibility index (Phi) is 6.30. The van der Waals surface area contributed by atoms with Crippen molar-refractivity contribution in [3.63, 3.8) is 0 Å². The summed E-state index contributed by atoms with van der Waals surface area (Å²) in [6.07, 6.45) is 3.64. The van der Waals surface area contributed by atoms with Crippen LogP contribution in [0.25, 0.3) is 22.2 Å². The van der Waals surface area contributed by atoms with Gasteiger partial charge in [0.2, 0.25) is 0 Å². The highest BCUT2D eigenvalue weighted by Gasteiger charge is 2.22. The molecule has 34 heavy (non-hydrogen) atoms. The number of halogens is 3. The topological polar surface area (TPSA) is 58.2 Å². The minimum absolute atomic E-state index is 0.00836. The van der Waals surface area contributed by atoms with Crippen molar-refractivity contribution in [3.8, 4) is 11.1 Å². The molecule has 0 spiro atoms. The van der Waals surface area contributed by atoms with Crippen LogP contribution in [0.15, 0.2) is 54.9 Å². The van der Waals surface area contributed by atoms with Gasteiger partial charge in [0, 0.05) is 52.9 Å². The average molecular weight is 498 g/mol. The van der Waals surface area contributed by atoms with E-state index < -0.39 is 5.82 Å². The van der Waals surface area contributed by atoms with Gasteiger partial charge in [-0.2, -0.15) is 0 Å². The van der Waals surface area contributed by atoms with Gasteiger partial charge in [-0.25, -0.2) is 9.37 Å². The summed E-state index contributed by atoms with van der Waals surface area (Å²) in [4.78, 5) is 22.3. The van der Waals surface area contributed by atoms with Crippen LogP contribution in [0.4, 0.5) is 4.39 Å². The van der Waals surface area contributed by atoms with E-state index in [1.807, 2.05) is 48.4 Å². The number of amides is 1. The standard InChI is InChI=1S/C26H22Cl2FN3O2/c1-15(23-21(27)6-7-22(29)24(23)28)20-14-31-25-19(20)12-18(13-30-25)16-2-4-17(5-3-16)26(33)32-8-10-34-11-9-32/h2-7,12-15H,8-11H2,1H3,(H,30,31). The second-order valence-electron chi connectivity index (χ2n) is 8.32. The zero-order valence-electron chi connectivity index (χ0n) is 18.4. The molecule has 1 aliphatic rings. The van der Waals surface area contributed by atoms with Gasteiger partial charge in [0.25, 0.3) is 5.91 Å². The van der Waals surface area contributed by atoms with E-state index in [9.17, 15) is 9.18 Å². The third kappa shape index (κ3) is 4.17. The Balaban J connectivity index is 1.47. The predicted octanol–water partition coefficient (Wildman–Crippen LogP) is 6.30. The largest absolute Gasteiger partial charge is 0.378 e. The van der Waals surface area contributed by atoms with E-state index in [1.54, 1.807) is 6.20 Å². The van der Waals surface area contributed by atoms with Gasteiger partial charge in [0.1, 0.15) is 11.5 Å². The number of morpholine rings is 1. The highest BCUT2D eigenvalue weighted by molar-refractivity contribution is 6.36. The molecule has 4 aromatic rings. The number of aromatic nitrogens is 2. The van der Waals surface area contributed by atoms with Crippen LogP contribution in [-0.2, 0) is 4.74 Å². The molecule has 1 atom stereocenters. The number of rotatable bonds is 4. The number of fused-ring (bicyclic) bond motifs is 1. The summed E-state index contributed by atoms with van der Waals surface area (Å²) in [6.45, 7) is 4.29. The quantitative estimate of drug-likeness (QED) is 0.336. The van der Waals surface area contributed by atoms with Crippen molar-refractivity contribution in [3.05, 3.63) is 87.4 Å². The lowest BCUT2D eigenvalue weighted by Gasteiger charge is -2.26. The molecule has 0 aliphatic carbocycles. The van der Waals surface area contributed by atoms with Crippen LogP contribution in [0.1, 0.15) is 34.3 Å². The first kappa shape index (κ1) is 22.8. The fourth-order valence-electron chi connectivity index (χ4n) is 4.39. The number of hydrogen-bond acceptors (Lipinski definition) is 3. The Bertz CT molecular complexity index is 1360. The molecule has 5 rings (SSSR count). The third-order valence-corrected chi connectivity index (χ3v) is 7.02. The third-order valence-electron chi connectivity index (χ3n) is 6.31. The fraction of sp³-hybridized carbons (Fsp3) is 0.231. The van der Waals surface area contributed by atoms with E-state index in [0.717, 1.165) is 22.1 Å². The predicted molar refractivity (Wildman–Crippen MR) is 132 cm³/mol. The van der Waals surface area contributed by atoms with Gasteiger partial charge in [0.05, 0.1) is 18.2 Å². The van der Waals surface area contributed by atoms with Crippen LogP contribution in [0.3, 0.4) is 0 Å². The maximum absolute atomic E-state index is 14.1. The summed E-state index contributed by atoms with van der Waals surface area (Å²) < 4.78 is 19.5. The molecule has 5 nitrogen and oxygen atoms in total. The van der Waals surface area contributed by atoms with E-state index in [2.05, 4.69) is 9.97 Å². The maximum atomic E-state index is 14.1. The summed E-state index contributed by atoms with van der Waals surface area (Å²) in [5.41, 5.74) is 4.66. The number of pyridine rings is 1. The van der Waals surface area contributed by atoms with E-state index in [-0.39, 0.29) is 16.8 Å². The Labute approximate surface area is 206 Å². The van der Waals surface area contributed by atoms with Crippen molar-refractivity contribution in [2.24, 2.45) is 0 Å². The lowest BCUT2D eigenvalue weighted by atomic mass is 9.92. The molecule has 2 aromatic carbocycles. The van der Waals surface area contributed by atoms with E-state index in [0.29, 0.717) is 48.1 Å². The minimum atomic E-state index is -0.502. The number of nitrogens with one attached hydrogen (secondary N) is 1. The van der Waals surface area contributed by atoms with E-state index in [4.69, 9.17) is 27.9 Å². The van der Waals surface area contributed by atoms with Crippen LogP contribution >= 0.6 is 23.2 Å². The normalized spacial score (nSPS) is 15.0. The molecule has 3 heterocycles. The first-order valence-corrected chi connectivity index (χ1v) is 11.8. The second kappa shape index (κ2) is 9.37. The number of carbonyl (C=O) groups excluding carboxylic acids is 1. The Morgan fingerprint density at radius 1 is 1.12 bits per heavy atom. The zero-order valence-corrected chi connectivity index (χ0v) is 20.0. The molecule has 0 saturated carbocycles. The molecule has 1 unspecified atom stereocenters. The maximum Gasteiger partial charge on any atom is 0.254 e. The summed E-state index contributed by atoms with van der Waals surface area (Å²) in [7, 11) is 0. The molecular formula is C26H22Cl2FN3O2. The highest BCUT2D eigenvalue weighted by Crippen LogP contribution is 2.39. The number of hydrogen-bond donors (Lipinski definition) is 1. The number of ether oxygens (including phenoxy) is 1. The van der Waals surface area contributed by atoms with Crippen molar-refractivity contribution in [1.82, 2.24) is 14.9 Å². The molecule has 174 valence electrons. The minimum Gasteiger partial charge on any atom is -0.378 e. The Hall–Kier alpha value is -2.93. The molecule has 0 bridgehead atoms. The highest BCUT2D eigenvalue weighted by atomic mass is 35.5. The van der Waals surface area contributed by atoms with Gasteiger partial charge in [-0.15, -0.1) is 0 Å². The molecule has 8 heteroatoms. The summed E-state index contributed by atoms with van der Waals surface area (Å²) in [5.74, 6) is -0.748. The van der Waals surface area contributed by atoms with Gasteiger partial charge in [-0.3, -0.25) is 4.79 Å². The summed E-state index contributed by atoms with van der Waals surface area (Å²) >= 11 is 12.6. The molecule has 1 N–H and O–H groups in total. The molecule has 1 saturated heterocycles. The first-order chi connectivity index (χ1) is 16.4. The Morgan fingerprint density at radius 2 is 1.85 bits per heavy atom. The van der Waals surface area contributed by atoms with Crippen molar-refractivity contribution in [2.75, 3.05) is 26.3 Å². The molecule has 1 fully saturated rings. The van der Waals surface area contributed by atoms with Crippen molar-refractivity contribution in [2.45, 2.75) is 12.8 Å². The van der Waals surface area contributed by atoms with Gasteiger partial charge in [0.15, 0.2) is 0 Å². The molecule has 1 amide bonds. The zero-order chi connectivity index (χ0) is 23.8. The van der Waals surface area contributed by atoms with Gasteiger partial charge in [-0.05, 0) is 47.0 Å².